The van der Waals surface area contributed by atoms with Gasteiger partial charge in [0.2, 0.25) is 0 Å². The normalized spacial score (nSPS) is 15.0. The first-order valence-electron chi connectivity index (χ1n) is 13.0. The van der Waals surface area contributed by atoms with E-state index in [0.29, 0.717) is 12.1 Å². The molecule has 1 saturated heterocycles. The molecular weight excluding hydrogens is 478 g/mol. The molecule has 0 spiro atoms. The molecule has 3 aromatic carbocycles. The number of hydrogen-bond acceptors (Lipinski definition) is 4. The molecule has 1 amide bonds. The summed E-state index contributed by atoms with van der Waals surface area (Å²) in [5, 5.41) is 12.1. The summed E-state index contributed by atoms with van der Waals surface area (Å²) in [5.41, 5.74) is 17.3. The highest BCUT2D eigenvalue weighted by molar-refractivity contribution is 6.02. The number of rotatable bonds is 8. The molecule has 1 heterocycles. The molecule has 8 nitrogen and oxygen atoms in total. The number of aliphatic carboxylic acids is 1. The Hall–Kier alpha value is -4.17. The molecular formula is C30H35N5O3. The number of carboxylic acid groups (broad SMARTS) is 1. The molecule has 0 aromatic heterocycles. The Kier molecular flexibility index (Phi) is 9.11. The van der Waals surface area contributed by atoms with Crippen LogP contribution in [0.1, 0.15) is 47.2 Å². The molecule has 4 rings (SSSR count). The number of carbonyl (C=O) groups excluding carboxylic acids is 1. The van der Waals surface area contributed by atoms with Crippen molar-refractivity contribution in [3.05, 3.63) is 89.5 Å². The lowest BCUT2D eigenvalue weighted by molar-refractivity contribution is -0.138. The molecule has 0 aliphatic carbocycles. The summed E-state index contributed by atoms with van der Waals surface area (Å²) in [4.78, 5) is 30.1. The van der Waals surface area contributed by atoms with Gasteiger partial charge in [-0.25, -0.2) is 0 Å². The number of nitrogens with two attached hydrogens (primary N) is 2. The van der Waals surface area contributed by atoms with E-state index in [1.807, 2.05) is 18.2 Å². The van der Waals surface area contributed by atoms with Gasteiger partial charge in [0.1, 0.15) is 6.04 Å². The van der Waals surface area contributed by atoms with Crippen molar-refractivity contribution in [2.45, 2.75) is 44.7 Å². The zero-order valence-electron chi connectivity index (χ0n) is 21.5. The number of aliphatic imine (C=N–C) groups is 1. The van der Waals surface area contributed by atoms with Crippen LogP contribution in [0.2, 0.25) is 0 Å². The van der Waals surface area contributed by atoms with E-state index < -0.39 is 17.9 Å². The van der Waals surface area contributed by atoms with Crippen molar-refractivity contribution in [2.24, 2.45) is 16.5 Å². The standard InChI is InChI=1S/C30H35N5O3/c31-26(29(37)38)18-21-10-12-23(13-11-21)28(36)34-30(32)33-20-25-19-24(22-8-4-3-5-9-22)14-15-27(25)35-16-6-1-2-7-17-35/h3-5,8-15,19,26H,1-2,6-7,16-18,20,31H2,(H,37,38)(H3,32,33,34,36)/t26-/m0/s1. The lowest BCUT2D eigenvalue weighted by Crippen LogP contribution is -2.33. The molecule has 0 unspecified atom stereocenters. The van der Waals surface area contributed by atoms with Crippen LogP contribution in [-0.4, -0.2) is 42.1 Å². The van der Waals surface area contributed by atoms with Gasteiger partial charge in [-0.2, -0.15) is 4.99 Å². The highest BCUT2D eigenvalue weighted by Crippen LogP contribution is 2.29. The van der Waals surface area contributed by atoms with Crippen LogP contribution in [0.4, 0.5) is 5.69 Å². The van der Waals surface area contributed by atoms with Gasteiger partial charge >= 0.3 is 5.97 Å². The number of guanidine groups is 1. The van der Waals surface area contributed by atoms with Crippen LogP contribution in [-0.2, 0) is 17.8 Å². The fourth-order valence-corrected chi connectivity index (χ4v) is 4.68. The van der Waals surface area contributed by atoms with Crippen LogP contribution in [0.5, 0.6) is 0 Å². The summed E-state index contributed by atoms with van der Waals surface area (Å²) in [5.74, 6) is -1.50. The van der Waals surface area contributed by atoms with Gasteiger partial charge in [-0.15, -0.1) is 0 Å². The zero-order valence-corrected chi connectivity index (χ0v) is 21.5. The molecule has 198 valence electrons. The zero-order chi connectivity index (χ0) is 26.9. The number of carbonyl (C=O) groups is 2. The Balaban J connectivity index is 1.48. The van der Waals surface area contributed by atoms with Crippen molar-refractivity contribution in [1.82, 2.24) is 5.32 Å². The molecule has 8 heteroatoms. The van der Waals surface area contributed by atoms with E-state index in [4.69, 9.17) is 16.6 Å². The van der Waals surface area contributed by atoms with Gasteiger partial charge < -0.3 is 26.8 Å². The lowest BCUT2D eigenvalue weighted by atomic mass is 10.0. The van der Waals surface area contributed by atoms with E-state index in [9.17, 15) is 9.59 Å². The van der Waals surface area contributed by atoms with Crippen LogP contribution < -0.4 is 21.7 Å². The predicted molar refractivity (Wildman–Crippen MR) is 151 cm³/mol. The molecule has 1 atom stereocenters. The molecule has 1 fully saturated rings. The first-order chi connectivity index (χ1) is 18.4. The third kappa shape index (κ3) is 7.20. The monoisotopic (exact) mass is 513 g/mol. The maximum atomic E-state index is 12.7. The number of nitrogens with one attached hydrogen (secondary N) is 1. The Bertz CT molecular complexity index is 1270. The van der Waals surface area contributed by atoms with Crippen molar-refractivity contribution in [3.8, 4) is 11.1 Å². The van der Waals surface area contributed by atoms with Crippen LogP contribution in [0.3, 0.4) is 0 Å². The highest BCUT2D eigenvalue weighted by atomic mass is 16.4. The van der Waals surface area contributed by atoms with Crippen molar-refractivity contribution in [3.63, 3.8) is 0 Å². The third-order valence-electron chi connectivity index (χ3n) is 6.79. The average molecular weight is 514 g/mol. The largest absolute Gasteiger partial charge is 0.480 e. The Morgan fingerprint density at radius 1 is 0.921 bits per heavy atom. The summed E-state index contributed by atoms with van der Waals surface area (Å²) in [6.45, 7) is 2.47. The molecule has 0 bridgehead atoms. The van der Waals surface area contributed by atoms with E-state index in [-0.39, 0.29) is 12.4 Å². The number of nitrogens with zero attached hydrogens (tertiary/aromatic N) is 2. The number of anilines is 1. The molecule has 1 aliphatic heterocycles. The van der Waals surface area contributed by atoms with E-state index in [1.54, 1.807) is 24.3 Å². The predicted octanol–water partition coefficient (Wildman–Crippen LogP) is 3.93. The van der Waals surface area contributed by atoms with Gasteiger partial charge in [-0.1, -0.05) is 61.4 Å². The van der Waals surface area contributed by atoms with E-state index in [1.165, 1.54) is 31.4 Å². The minimum absolute atomic E-state index is 0.0407. The SMILES string of the molecule is NC(=NC(=O)c1ccc(C[C@H](N)C(=O)O)cc1)NCc1cc(-c2ccccc2)ccc1N1CCCCCC1. The van der Waals surface area contributed by atoms with Gasteiger partial charge in [0.05, 0.1) is 0 Å². The van der Waals surface area contributed by atoms with Crippen molar-refractivity contribution in [2.75, 3.05) is 18.0 Å². The number of hydrogen-bond donors (Lipinski definition) is 4. The quantitative estimate of drug-likeness (QED) is 0.265. The first-order valence-corrected chi connectivity index (χ1v) is 13.0. The first kappa shape index (κ1) is 26.9. The minimum Gasteiger partial charge on any atom is -0.480 e. The van der Waals surface area contributed by atoms with Gasteiger partial charge in [0.15, 0.2) is 5.96 Å². The summed E-state index contributed by atoms with van der Waals surface area (Å²) >= 11 is 0. The second-order valence-corrected chi connectivity index (χ2v) is 9.61. The average Bonchev–Trinajstić information content (AvgIpc) is 3.22. The molecule has 0 saturated carbocycles. The fourth-order valence-electron chi connectivity index (χ4n) is 4.68. The van der Waals surface area contributed by atoms with Crippen LogP contribution in [0.15, 0.2) is 77.8 Å². The molecule has 1 aliphatic rings. The molecule has 0 radical (unpaired) electrons. The summed E-state index contributed by atoms with van der Waals surface area (Å²) < 4.78 is 0. The highest BCUT2D eigenvalue weighted by Gasteiger charge is 2.16. The second-order valence-electron chi connectivity index (χ2n) is 9.61. The summed E-state index contributed by atoms with van der Waals surface area (Å²) in [6, 6.07) is 22.3. The number of benzene rings is 3. The van der Waals surface area contributed by atoms with E-state index in [2.05, 4.69) is 45.5 Å². The molecule has 6 N–H and O–H groups in total. The van der Waals surface area contributed by atoms with Gasteiger partial charge in [0, 0.05) is 30.9 Å². The van der Waals surface area contributed by atoms with Crippen LogP contribution in [0.25, 0.3) is 11.1 Å². The van der Waals surface area contributed by atoms with Gasteiger partial charge in [0.25, 0.3) is 5.91 Å². The van der Waals surface area contributed by atoms with Gasteiger partial charge in [-0.3, -0.25) is 9.59 Å². The van der Waals surface area contributed by atoms with Gasteiger partial charge in [-0.05, 0) is 65.8 Å². The summed E-state index contributed by atoms with van der Waals surface area (Å²) in [7, 11) is 0. The van der Waals surface area contributed by atoms with Crippen LogP contribution >= 0.6 is 0 Å². The topological polar surface area (TPSA) is 134 Å². The van der Waals surface area contributed by atoms with E-state index in [0.717, 1.165) is 35.3 Å². The maximum absolute atomic E-state index is 12.7. The summed E-state index contributed by atoms with van der Waals surface area (Å²) in [6.07, 6.45) is 5.03. The third-order valence-corrected chi connectivity index (χ3v) is 6.79. The minimum atomic E-state index is -1.07. The second kappa shape index (κ2) is 12.9. The Labute approximate surface area is 223 Å². The number of amides is 1. The van der Waals surface area contributed by atoms with Crippen molar-refractivity contribution >= 4 is 23.5 Å². The van der Waals surface area contributed by atoms with E-state index >= 15 is 0 Å². The smallest absolute Gasteiger partial charge is 0.320 e. The van der Waals surface area contributed by atoms with Crippen molar-refractivity contribution < 1.29 is 14.7 Å². The van der Waals surface area contributed by atoms with Crippen molar-refractivity contribution in [1.29, 1.82) is 0 Å². The Morgan fingerprint density at radius 3 is 2.26 bits per heavy atom. The molecule has 38 heavy (non-hydrogen) atoms. The lowest BCUT2D eigenvalue weighted by Gasteiger charge is -2.26. The molecule has 3 aromatic rings. The van der Waals surface area contributed by atoms with Crippen LogP contribution in [0, 0.1) is 0 Å². The fraction of sp³-hybridized carbons (Fsp3) is 0.300. The maximum Gasteiger partial charge on any atom is 0.320 e. The number of carboxylic acids is 1. The Morgan fingerprint density at radius 2 is 1.61 bits per heavy atom.